The van der Waals surface area contributed by atoms with Crippen molar-refractivity contribution < 1.29 is 9.59 Å². The number of aromatic nitrogens is 1. The molecule has 2 N–H and O–H groups in total. The first-order valence-electron chi connectivity index (χ1n) is 7.72. The molecule has 0 aliphatic carbocycles. The third kappa shape index (κ3) is 5.38. The second-order valence-corrected chi connectivity index (χ2v) is 6.73. The summed E-state index contributed by atoms with van der Waals surface area (Å²) in [5.41, 5.74) is 1.95. The Morgan fingerprint density at radius 3 is 2.82 bits per heavy atom. The maximum absolute atomic E-state index is 11.9. The van der Waals surface area contributed by atoms with Crippen molar-refractivity contribution in [3.63, 3.8) is 0 Å². The van der Waals surface area contributed by atoms with E-state index in [0.29, 0.717) is 5.69 Å². The Morgan fingerprint density at radius 2 is 2.18 bits per heavy atom. The lowest BCUT2D eigenvalue weighted by Crippen LogP contribution is -2.47. The van der Waals surface area contributed by atoms with Crippen molar-refractivity contribution in [1.82, 2.24) is 20.5 Å². The zero-order chi connectivity index (χ0) is 15.9. The fourth-order valence-corrected chi connectivity index (χ4v) is 3.11. The molecule has 2 rings (SSSR count). The number of likely N-dealkylation sites (tertiary alicyclic amines) is 1. The minimum absolute atomic E-state index is 0.0161. The van der Waals surface area contributed by atoms with Crippen LogP contribution in [0.15, 0.2) is 10.9 Å². The highest BCUT2D eigenvalue weighted by molar-refractivity contribution is 7.07. The summed E-state index contributed by atoms with van der Waals surface area (Å²) in [5, 5.41) is 7.17. The number of carbonyl (C=O) groups is 2. The molecule has 0 saturated carbocycles. The highest BCUT2D eigenvalue weighted by Gasteiger charge is 2.18. The molecule has 0 spiro atoms. The van der Waals surface area contributed by atoms with E-state index in [4.69, 9.17) is 0 Å². The summed E-state index contributed by atoms with van der Waals surface area (Å²) < 4.78 is 0. The Morgan fingerprint density at radius 1 is 1.45 bits per heavy atom. The smallest absolute Gasteiger partial charge is 0.271 e. The standard InChI is InChI=1S/C15H24N4O2S/c1-11-3-5-19(6-4-11)8-12(2)18-14(20)7-16-15(21)13-9-22-10-17-13/h9-12H,3-8H2,1-2H3,(H,16,21)(H,18,20). The summed E-state index contributed by atoms with van der Waals surface area (Å²) in [6.07, 6.45) is 2.45. The molecule has 1 aromatic rings. The van der Waals surface area contributed by atoms with Gasteiger partial charge in [-0.25, -0.2) is 4.98 Å². The van der Waals surface area contributed by atoms with E-state index in [2.05, 4.69) is 27.4 Å². The lowest BCUT2D eigenvalue weighted by atomic mass is 9.99. The second-order valence-electron chi connectivity index (χ2n) is 6.01. The van der Waals surface area contributed by atoms with Crippen LogP contribution in [0.3, 0.4) is 0 Å². The molecule has 2 heterocycles. The van der Waals surface area contributed by atoms with Crippen molar-refractivity contribution >= 4 is 23.2 Å². The molecule has 6 nitrogen and oxygen atoms in total. The van der Waals surface area contributed by atoms with Gasteiger partial charge in [0.05, 0.1) is 12.1 Å². The van der Waals surface area contributed by atoms with Gasteiger partial charge in [0.25, 0.3) is 5.91 Å². The Labute approximate surface area is 135 Å². The van der Waals surface area contributed by atoms with Gasteiger partial charge >= 0.3 is 0 Å². The van der Waals surface area contributed by atoms with Crippen LogP contribution in [0, 0.1) is 5.92 Å². The lowest BCUT2D eigenvalue weighted by Gasteiger charge is -2.32. The molecule has 1 aromatic heterocycles. The van der Waals surface area contributed by atoms with E-state index < -0.39 is 0 Å². The van der Waals surface area contributed by atoms with Crippen LogP contribution in [0.2, 0.25) is 0 Å². The monoisotopic (exact) mass is 324 g/mol. The van der Waals surface area contributed by atoms with E-state index in [0.717, 1.165) is 25.6 Å². The molecular formula is C15H24N4O2S. The minimum atomic E-state index is -0.311. The van der Waals surface area contributed by atoms with E-state index in [1.807, 2.05) is 6.92 Å². The summed E-state index contributed by atoms with van der Waals surface area (Å²) >= 11 is 1.35. The van der Waals surface area contributed by atoms with Gasteiger partial charge in [0, 0.05) is 18.0 Å². The Bertz CT molecular complexity index is 484. The average Bonchev–Trinajstić information content (AvgIpc) is 3.01. The Hall–Kier alpha value is -1.47. The molecule has 1 fully saturated rings. The van der Waals surface area contributed by atoms with E-state index >= 15 is 0 Å². The molecule has 0 radical (unpaired) electrons. The number of hydrogen-bond acceptors (Lipinski definition) is 5. The zero-order valence-corrected chi connectivity index (χ0v) is 14.0. The zero-order valence-electron chi connectivity index (χ0n) is 13.2. The van der Waals surface area contributed by atoms with Gasteiger partial charge in [-0.3, -0.25) is 9.59 Å². The number of thiazole rings is 1. The molecule has 0 aromatic carbocycles. The molecule has 1 aliphatic heterocycles. The predicted octanol–water partition coefficient (Wildman–Crippen LogP) is 1.11. The minimum Gasteiger partial charge on any atom is -0.351 e. The van der Waals surface area contributed by atoms with Crippen molar-refractivity contribution in [1.29, 1.82) is 0 Å². The highest BCUT2D eigenvalue weighted by atomic mass is 32.1. The highest BCUT2D eigenvalue weighted by Crippen LogP contribution is 2.15. The molecule has 2 amide bonds. The molecule has 122 valence electrons. The fourth-order valence-electron chi connectivity index (χ4n) is 2.58. The molecule has 1 saturated heterocycles. The van der Waals surface area contributed by atoms with Crippen molar-refractivity contribution in [2.45, 2.75) is 32.7 Å². The lowest BCUT2D eigenvalue weighted by molar-refractivity contribution is -0.120. The Balaban J connectivity index is 1.65. The second kappa shape index (κ2) is 8.24. The van der Waals surface area contributed by atoms with Gasteiger partial charge in [-0.1, -0.05) is 6.92 Å². The van der Waals surface area contributed by atoms with Crippen LogP contribution in [0.4, 0.5) is 0 Å². The molecule has 1 unspecified atom stereocenters. The van der Waals surface area contributed by atoms with Gasteiger partial charge in [-0.2, -0.15) is 0 Å². The van der Waals surface area contributed by atoms with E-state index in [9.17, 15) is 9.59 Å². The Kier molecular flexibility index (Phi) is 6.33. The maximum atomic E-state index is 11.9. The number of amides is 2. The first-order chi connectivity index (χ1) is 10.5. The van der Waals surface area contributed by atoms with Gasteiger partial charge < -0.3 is 15.5 Å². The van der Waals surface area contributed by atoms with Gasteiger partial charge in [-0.15, -0.1) is 11.3 Å². The van der Waals surface area contributed by atoms with E-state index in [1.54, 1.807) is 10.9 Å². The first-order valence-corrected chi connectivity index (χ1v) is 8.67. The van der Waals surface area contributed by atoms with E-state index in [-0.39, 0.29) is 24.4 Å². The van der Waals surface area contributed by atoms with Crippen molar-refractivity contribution in [3.8, 4) is 0 Å². The number of carbonyl (C=O) groups excluding carboxylic acids is 2. The normalized spacial score (nSPS) is 17.9. The van der Waals surface area contributed by atoms with Crippen LogP contribution in [0.1, 0.15) is 37.2 Å². The van der Waals surface area contributed by atoms with Crippen LogP contribution in [0.5, 0.6) is 0 Å². The predicted molar refractivity (Wildman–Crippen MR) is 86.9 cm³/mol. The van der Waals surface area contributed by atoms with Crippen molar-refractivity contribution in [2.75, 3.05) is 26.2 Å². The largest absolute Gasteiger partial charge is 0.351 e. The topological polar surface area (TPSA) is 74.3 Å². The summed E-state index contributed by atoms with van der Waals surface area (Å²) in [4.78, 5) is 29.8. The van der Waals surface area contributed by atoms with Crippen molar-refractivity contribution in [2.24, 2.45) is 5.92 Å². The summed E-state index contributed by atoms with van der Waals surface area (Å²) in [7, 11) is 0. The third-order valence-corrected chi connectivity index (χ3v) is 4.48. The SMILES string of the molecule is CC1CCN(CC(C)NC(=O)CNC(=O)c2cscn2)CC1. The number of rotatable bonds is 6. The molecule has 0 bridgehead atoms. The first kappa shape index (κ1) is 16.9. The summed E-state index contributed by atoms with van der Waals surface area (Å²) in [5.74, 6) is 0.331. The fraction of sp³-hybridized carbons (Fsp3) is 0.667. The van der Waals surface area contributed by atoms with Crippen LogP contribution in [0.25, 0.3) is 0 Å². The van der Waals surface area contributed by atoms with Gasteiger partial charge in [0.15, 0.2) is 0 Å². The van der Waals surface area contributed by atoms with Gasteiger partial charge in [-0.05, 0) is 38.8 Å². The van der Waals surface area contributed by atoms with Crippen LogP contribution in [-0.2, 0) is 4.79 Å². The van der Waals surface area contributed by atoms with Gasteiger partial charge in [0.2, 0.25) is 5.91 Å². The van der Waals surface area contributed by atoms with Crippen LogP contribution >= 0.6 is 11.3 Å². The molecule has 1 atom stereocenters. The maximum Gasteiger partial charge on any atom is 0.271 e. The number of nitrogens with one attached hydrogen (secondary N) is 2. The van der Waals surface area contributed by atoms with Gasteiger partial charge in [0.1, 0.15) is 5.69 Å². The number of hydrogen-bond donors (Lipinski definition) is 2. The van der Waals surface area contributed by atoms with Crippen LogP contribution in [-0.4, -0.2) is 53.9 Å². The molecule has 22 heavy (non-hydrogen) atoms. The summed E-state index contributed by atoms with van der Waals surface area (Å²) in [6, 6.07) is 0.0806. The van der Waals surface area contributed by atoms with E-state index in [1.165, 1.54) is 24.2 Å². The molecule has 7 heteroatoms. The number of piperidine rings is 1. The number of nitrogens with zero attached hydrogens (tertiary/aromatic N) is 2. The van der Waals surface area contributed by atoms with Crippen LogP contribution < -0.4 is 10.6 Å². The van der Waals surface area contributed by atoms with Crippen molar-refractivity contribution in [3.05, 3.63) is 16.6 Å². The molecule has 1 aliphatic rings. The molecular weight excluding hydrogens is 300 g/mol. The average molecular weight is 324 g/mol. The quantitative estimate of drug-likeness (QED) is 0.822. The third-order valence-electron chi connectivity index (χ3n) is 3.89. The summed E-state index contributed by atoms with van der Waals surface area (Å²) in [6.45, 7) is 7.33.